The van der Waals surface area contributed by atoms with Crippen molar-refractivity contribution >= 4 is 0 Å². The molecule has 0 unspecified atom stereocenters. The molecule has 1 rings (SSSR count). The van der Waals surface area contributed by atoms with Crippen LogP contribution in [0.2, 0.25) is 0 Å². The molecule has 0 bridgehead atoms. The largest absolute Gasteiger partial charge is 0.401 e. The molecule has 1 saturated heterocycles. The van der Waals surface area contributed by atoms with E-state index in [0.29, 0.717) is 0 Å². The van der Waals surface area contributed by atoms with Crippen molar-refractivity contribution in [1.29, 1.82) is 0 Å². The number of hydrogen-bond donors (Lipinski definition) is 1. The smallest absolute Gasteiger partial charge is 0.329 e. The summed E-state index contributed by atoms with van der Waals surface area (Å²) < 4.78 is 48.5. The van der Waals surface area contributed by atoms with Crippen LogP contribution in [0.5, 0.6) is 0 Å². The second-order valence-corrected chi connectivity index (χ2v) is 3.27. The molecule has 6 heteroatoms. The van der Waals surface area contributed by atoms with Crippen molar-refractivity contribution in [1.82, 2.24) is 4.90 Å². The summed E-state index contributed by atoms with van der Waals surface area (Å²) in [4.78, 5) is 1.06. The van der Waals surface area contributed by atoms with E-state index in [2.05, 4.69) is 0 Å². The standard InChI is InChI=1S/C7H12F4N2/c8-5-1-6(2-12)13(3-5)4-7(9,10)11/h5-6H,1-4,12H2/t5-,6-/m0/s1. The summed E-state index contributed by atoms with van der Waals surface area (Å²) in [6.45, 7) is -1.13. The summed E-state index contributed by atoms with van der Waals surface area (Å²) >= 11 is 0. The molecule has 2 nitrogen and oxygen atoms in total. The maximum absolute atomic E-state index is 12.7. The van der Waals surface area contributed by atoms with Crippen molar-refractivity contribution < 1.29 is 17.6 Å². The number of likely N-dealkylation sites (tertiary alicyclic amines) is 1. The average Bonchev–Trinajstić information content (AvgIpc) is 2.27. The molecule has 1 heterocycles. The number of alkyl halides is 4. The lowest BCUT2D eigenvalue weighted by Crippen LogP contribution is -2.41. The van der Waals surface area contributed by atoms with Crippen LogP contribution in [-0.2, 0) is 0 Å². The Morgan fingerprint density at radius 3 is 2.46 bits per heavy atom. The third-order valence-electron chi connectivity index (χ3n) is 2.13. The highest BCUT2D eigenvalue weighted by molar-refractivity contribution is 4.86. The van der Waals surface area contributed by atoms with Gasteiger partial charge in [-0.3, -0.25) is 4.90 Å². The predicted octanol–water partition coefficient (Wildman–Crippen LogP) is 0.920. The zero-order valence-corrected chi connectivity index (χ0v) is 7.02. The first-order chi connectivity index (χ1) is 5.92. The molecule has 78 valence electrons. The quantitative estimate of drug-likeness (QED) is 0.671. The van der Waals surface area contributed by atoms with E-state index in [4.69, 9.17) is 5.73 Å². The van der Waals surface area contributed by atoms with Crippen LogP contribution in [0.3, 0.4) is 0 Å². The highest BCUT2D eigenvalue weighted by Gasteiger charge is 2.38. The first-order valence-electron chi connectivity index (χ1n) is 4.07. The molecule has 0 aromatic carbocycles. The van der Waals surface area contributed by atoms with Gasteiger partial charge in [0.2, 0.25) is 0 Å². The second kappa shape index (κ2) is 3.79. The normalized spacial score (nSPS) is 31.2. The fraction of sp³-hybridized carbons (Fsp3) is 1.00. The van der Waals surface area contributed by atoms with Crippen LogP contribution < -0.4 is 5.73 Å². The van der Waals surface area contributed by atoms with Gasteiger partial charge in [-0.15, -0.1) is 0 Å². The SMILES string of the molecule is NC[C@@H]1C[C@H](F)CN1CC(F)(F)F. The lowest BCUT2D eigenvalue weighted by atomic mass is 10.2. The summed E-state index contributed by atoms with van der Waals surface area (Å²) in [6.07, 6.45) is -5.32. The van der Waals surface area contributed by atoms with E-state index < -0.39 is 24.9 Å². The van der Waals surface area contributed by atoms with Gasteiger partial charge in [-0.25, -0.2) is 4.39 Å². The average molecular weight is 200 g/mol. The van der Waals surface area contributed by atoms with Crippen LogP contribution in [0.1, 0.15) is 6.42 Å². The van der Waals surface area contributed by atoms with Gasteiger partial charge in [0.1, 0.15) is 6.17 Å². The third-order valence-corrected chi connectivity index (χ3v) is 2.13. The highest BCUT2D eigenvalue weighted by atomic mass is 19.4. The molecule has 2 N–H and O–H groups in total. The van der Waals surface area contributed by atoms with Crippen LogP contribution in [0.4, 0.5) is 17.6 Å². The van der Waals surface area contributed by atoms with Crippen LogP contribution in [0.25, 0.3) is 0 Å². The summed E-state index contributed by atoms with van der Waals surface area (Å²) in [5.41, 5.74) is 5.23. The lowest BCUT2D eigenvalue weighted by Gasteiger charge is -2.23. The topological polar surface area (TPSA) is 29.3 Å². The van der Waals surface area contributed by atoms with E-state index >= 15 is 0 Å². The molecular formula is C7H12F4N2. The van der Waals surface area contributed by atoms with Gasteiger partial charge in [-0.1, -0.05) is 0 Å². The molecule has 13 heavy (non-hydrogen) atoms. The zero-order valence-electron chi connectivity index (χ0n) is 7.02. The fourth-order valence-corrected chi connectivity index (χ4v) is 1.59. The number of hydrogen-bond acceptors (Lipinski definition) is 2. The van der Waals surface area contributed by atoms with E-state index in [0.717, 1.165) is 4.90 Å². The minimum absolute atomic E-state index is 0.0799. The fourth-order valence-electron chi connectivity index (χ4n) is 1.59. The maximum atomic E-state index is 12.7. The van der Waals surface area contributed by atoms with Gasteiger partial charge in [0.25, 0.3) is 0 Å². The third kappa shape index (κ3) is 3.11. The molecule has 1 fully saturated rings. The van der Waals surface area contributed by atoms with Crippen LogP contribution in [0, 0.1) is 0 Å². The molecule has 0 aromatic rings. The Hall–Kier alpha value is -0.360. The molecule has 0 amide bonds. The van der Waals surface area contributed by atoms with Crippen molar-refractivity contribution in [3.8, 4) is 0 Å². The van der Waals surface area contributed by atoms with Crippen LogP contribution in [0.15, 0.2) is 0 Å². The van der Waals surface area contributed by atoms with Gasteiger partial charge in [0, 0.05) is 19.1 Å². The van der Waals surface area contributed by atoms with E-state index in [9.17, 15) is 17.6 Å². The summed E-state index contributed by atoms with van der Waals surface area (Å²) in [5, 5.41) is 0. The van der Waals surface area contributed by atoms with Crippen LogP contribution >= 0.6 is 0 Å². The van der Waals surface area contributed by atoms with Crippen molar-refractivity contribution in [2.24, 2.45) is 5.73 Å². The summed E-state index contributed by atoms with van der Waals surface area (Å²) in [7, 11) is 0. The van der Waals surface area contributed by atoms with E-state index in [-0.39, 0.29) is 19.5 Å². The molecular weight excluding hydrogens is 188 g/mol. The molecule has 0 radical (unpaired) electrons. The van der Waals surface area contributed by atoms with Gasteiger partial charge in [0.15, 0.2) is 0 Å². The van der Waals surface area contributed by atoms with E-state index in [1.54, 1.807) is 0 Å². The zero-order chi connectivity index (χ0) is 10.1. The molecule has 2 atom stereocenters. The highest BCUT2D eigenvalue weighted by Crippen LogP contribution is 2.24. The molecule has 1 aliphatic heterocycles. The Bertz CT molecular complexity index is 170. The Balaban J connectivity index is 2.49. The first-order valence-corrected chi connectivity index (χ1v) is 4.07. The van der Waals surface area contributed by atoms with Crippen molar-refractivity contribution in [2.45, 2.75) is 24.8 Å². The Morgan fingerprint density at radius 2 is 2.00 bits per heavy atom. The molecule has 1 aliphatic rings. The van der Waals surface area contributed by atoms with Crippen LogP contribution in [-0.4, -0.2) is 42.9 Å². The minimum Gasteiger partial charge on any atom is -0.329 e. The second-order valence-electron chi connectivity index (χ2n) is 3.27. The van der Waals surface area contributed by atoms with Gasteiger partial charge < -0.3 is 5.73 Å². The van der Waals surface area contributed by atoms with Gasteiger partial charge in [-0.2, -0.15) is 13.2 Å². The monoisotopic (exact) mass is 200 g/mol. The minimum atomic E-state index is -4.27. The molecule has 0 spiro atoms. The van der Waals surface area contributed by atoms with Crippen molar-refractivity contribution in [3.05, 3.63) is 0 Å². The van der Waals surface area contributed by atoms with E-state index in [1.165, 1.54) is 0 Å². The van der Waals surface area contributed by atoms with E-state index in [1.807, 2.05) is 0 Å². The van der Waals surface area contributed by atoms with Crippen molar-refractivity contribution in [3.63, 3.8) is 0 Å². The molecule has 0 aromatic heterocycles. The first kappa shape index (κ1) is 10.7. The Morgan fingerprint density at radius 1 is 1.38 bits per heavy atom. The molecule has 0 saturated carbocycles. The van der Waals surface area contributed by atoms with Crippen molar-refractivity contribution in [2.75, 3.05) is 19.6 Å². The lowest BCUT2D eigenvalue weighted by molar-refractivity contribution is -0.147. The van der Waals surface area contributed by atoms with Gasteiger partial charge in [-0.05, 0) is 6.42 Å². The number of nitrogens with two attached hydrogens (primary N) is 1. The van der Waals surface area contributed by atoms with Gasteiger partial charge >= 0.3 is 6.18 Å². The number of halogens is 4. The summed E-state index contributed by atoms with van der Waals surface area (Å²) in [5.74, 6) is 0. The van der Waals surface area contributed by atoms with Gasteiger partial charge in [0.05, 0.1) is 6.54 Å². The maximum Gasteiger partial charge on any atom is 0.401 e. The summed E-state index contributed by atoms with van der Waals surface area (Å²) in [6, 6.07) is -0.461. The number of nitrogens with zero attached hydrogens (tertiary/aromatic N) is 1. The molecule has 0 aliphatic carbocycles. The Labute approximate surface area is 73.7 Å². The Kier molecular flexibility index (Phi) is 3.13. The predicted molar refractivity (Wildman–Crippen MR) is 40.0 cm³/mol. The number of rotatable bonds is 2.